The number of hydrogen-bond acceptors (Lipinski definition) is 3. The third kappa shape index (κ3) is 5.00. The molecule has 0 saturated carbocycles. The van der Waals surface area contributed by atoms with Crippen molar-refractivity contribution in [3.05, 3.63) is 59.2 Å². The van der Waals surface area contributed by atoms with Gasteiger partial charge in [0.05, 0.1) is 13.7 Å². The molecule has 4 N–H and O–H groups in total. The molecular weight excluding hydrogens is 340 g/mol. The maximum absolute atomic E-state index is 12.1. The first-order chi connectivity index (χ1) is 13.2. The monoisotopic (exact) mass is 366 g/mol. The minimum Gasteiger partial charge on any atom is -0.497 e. The molecule has 142 valence electrons. The third-order valence-corrected chi connectivity index (χ3v) is 4.69. The van der Waals surface area contributed by atoms with E-state index < -0.39 is 0 Å². The highest BCUT2D eigenvalue weighted by Gasteiger charge is 2.13. The average Bonchev–Trinajstić information content (AvgIpc) is 2.71. The van der Waals surface area contributed by atoms with Crippen LogP contribution < -0.4 is 21.1 Å². The average molecular weight is 366 g/mol. The van der Waals surface area contributed by atoms with Crippen LogP contribution in [0, 0.1) is 0 Å². The number of nitrogens with two attached hydrogens (primary N) is 1. The summed E-state index contributed by atoms with van der Waals surface area (Å²) in [5, 5.41) is 6.04. The predicted molar refractivity (Wildman–Crippen MR) is 109 cm³/mol. The molecule has 0 fully saturated rings. The first kappa shape index (κ1) is 18.8. The second-order valence-corrected chi connectivity index (χ2v) is 6.53. The molecule has 3 rings (SSSR count). The second kappa shape index (κ2) is 9.07. The van der Waals surface area contributed by atoms with E-state index in [1.165, 1.54) is 24.0 Å². The molecule has 0 aromatic heterocycles. The van der Waals surface area contributed by atoms with E-state index in [-0.39, 0.29) is 5.91 Å². The number of aliphatic imine (C=N–C) groups is 1. The van der Waals surface area contributed by atoms with Crippen molar-refractivity contribution < 1.29 is 9.53 Å². The molecule has 0 saturated heterocycles. The van der Waals surface area contributed by atoms with Gasteiger partial charge in [-0.1, -0.05) is 12.1 Å². The van der Waals surface area contributed by atoms with Gasteiger partial charge in [-0.15, -0.1) is 0 Å². The summed E-state index contributed by atoms with van der Waals surface area (Å²) in [6, 6.07) is 13.2. The zero-order valence-electron chi connectivity index (χ0n) is 15.6. The van der Waals surface area contributed by atoms with E-state index in [0.29, 0.717) is 24.6 Å². The van der Waals surface area contributed by atoms with Gasteiger partial charge in [-0.2, -0.15) is 0 Å². The van der Waals surface area contributed by atoms with Crippen molar-refractivity contribution in [2.45, 2.75) is 25.7 Å². The van der Waals surface area contributed by atoms with Crippen LogP contribution in [0.3, 0.4) is 0 Å². The minimum absolute atomic E-state index is 0.142. The normalized spacial score (nSPS) is 13.6. The largest absolute Gasteiger partial charge is 0.497 e. The summed E-state index contributed by atoms with van der Waals surface area (Å²) in [5.74, 6) is 0.947. The van der Waals surface area contributed by atoms with Crippen molar-refractivity contribution in [3.8, 4) is 5.75 Å². The van der Waals surface area contributed by atoms with Gasteiger partial charge >= 0.3 is 0 Å². The molecule has 0 heterocycles. The zero-order valence-corrected chi connectivity index (χ0v) is 15.6. The van der Waals surface area contributed by atoms with Gasteiger partial charge in [-0.25, -0.2) is 0 Å². The molecule has 1 amide bonds. The standard InChI is InChI=1S/C21H26N4O2/c1-27-17-11-9-16(10-12-17)20(26)23-13-14-24-21(22)25-19-8-4-6-15-5-2-3-7-18(15)19/h4,6,8-12H,2-3,5,7,13-14H2,1H3,(H,23,26)(H3,22,24,25). The van der Waals surface area contributed by atoms with E-state index in [9.17, 15) is 4.79 Å². The molecule has 2 aromatic rings. The van der Waals surface area contributed by atoms with Crippen LogP contribution in [-0.2, 0) is 12.8 Å². The number of guanidine groups is 1. The molecular formula is C21H26N4O2. The molecule has 1 aliphatic carbocycles. The SMILES string of the molecule is COc1ccc(C(=O)NCCN=C(N)Nc2cccc3c2CCCC3)cc1. The number of fused-ring (bicyclic) bond motifs is 1. The number of carbonyl (C=O) groups excluding carboxylic acids is 1. The van der Waals surface area contributed by atoms with Crippen LogP contribution >= 0.6 is 0 Å². The smallest absolute Gasteiger partial charge is 0.251 e. The van der Waals surface area contributed by atoms with Gasteiger partial charge in [-0.05, 0) is 67.1 Å². The van der Waals surface area contributed by atoms with E-state index in [1.807, 2.05) is 6.07 Å². The number of benzene rings is 2. The van der Waals surface area contributed by atoms with Crippen LogP contribution in [0.2, 0.25) is 0 Å². The minimum atomic E-state index is -0.142. The second-order valence-electron chi connectivity index (χ2n) is 6.53. The molecule has 0 radical (unpaired) electrons. The lowest BCUT2D eigenvalue weighted by Crippen LogP contribution is -2.28. The molecule has 1 aliphatic rings. The van der Waals surface area contributed by atoms with Crippen LogP contribution in [0.4, 0.5) is 5.69 Å². The molecule has 0 unspecified atom stereocenters. The molecule has 0 atom stereocenters. The molecule has 0 bridgehead atoms. The number of nitrogens with zero attached hydrogens (tertiary/aromatic N) is 1. The molecule has 6 nitrogen and oxygen atoms in total. The van der Waals surface area contributed by atoms with E-state index in [0.717, 1.165) is 24.3 Å². The molecule has 0 aliphatic heterocycles. The van der Waals surface area contributed by atoms with E-state index >= 15 is 0 Å². The van der Waals surface area contributed by atoms with Crippen molar-refractivity contribution in [1.82, 2.24) is 5.32 Å². The Morgan fingerprint density at radius 2 is 1.93 bits per heavy atom. The van der Waals surface area contributed by atoms with E-state index in [2.05, 4.69) is 27.8 Å². The summed E-state index contributed by atoms with van der Waals surface area (Å²) < 4.78 is 5.09. The number of aryl methyl sites for hydroxylation is 1. The fourth-order valence-electron chi connectivity index (χ4n) is 3.27. The molecule has 2 aromatic carbocycles. The van der Waals surface area contributed by atoms with Crippen molar-refractivity contribution in [2.75, 3.05) is 25.5 Å². The number of nitrogens with one attached hydrogen (secondary N) is 2. The summed E-state index contributed by atoms with van der Waals surface area (Å²) in [6.45, 7) is 0.829. The van der Waals surface area contributed by atoms with Gasteiger partial charge in [-0.3, -0.25) is 9.79 Å². The van der Waals surface area contributed by atoms with Gasteiger partial charge < -0.3 is 21.1 Å². The quantitative estimate of drug-likeness (QED) is 0.417. The van der Waals surface area contributed by atoms with Gasteiger partial charge in [0, 0.05) is 17.8 Å². The maximum Gasteiger partial charge on any atom is 0.251 e. The highest BCUT2D eigenvalue weighted by atomic mass is 16.5. The Labute approximate surface area is 159 Å². The first-order valence-corrected chi connectivity index (χ1v) is 9.27. The van der Waals surface area contributed by atoms with Gasteiger partial charge in [0.2, 0.25) is 0 Å². The molecule has 6 heteroatoms. The van der Waals surface area contributed by atoms with Crippen LogP contribution in [0.5, 0.6) is 5.75 Å². The Hall–Kier alpha value is -3.02. The Morgan fingerprint density at radius 3 is 2.70 bits per heavy atom. The Bertz CT molecular complexity index is 815. The number of methoxy groups -OCH3 is 1. The van der Waals surface area contributed by atoms with E-state index in [1.54, 1.807) is 31.4 Å². The lowest BCUT2D eigenvalue weighted by atomic mass is 9.90. The van der Waals surface area contributed by atoms with Crippen molar-refractivity contribution in [1.29, 1.82) is 0 Å². The Kier molecular flexibility index (Phi) is 6.30. The summed E-state index contributed by atoms with van der Waals surface area (Å²) >= 11 is 0. The van der Waals surface area contributed by atoms with Gasteiger partial charge in [0.1, 0.15) is 5.75 Å². The van der Waals surface area contributed by atoms with Crippen molar-refractivity contribution in [3.63, 3.8) is 0 Å². The first-order valence-electron chi connectivity index (χ1n) is 9.27. The Balaban J connectivity index is 1.49. The fraction of sp³-hybridized carbons (Fsp3) is 0.333. The number of anilines is 1. The number of hydrogen-bond donors (Lipinski definition) is 3. The molecule has 27 heavy (non-hydrogen) atoms. The van der Waals surface area contributed by atoms with Crippen molar-refractivity contribution >= 4 is 17.6 Å². The fourth-order valence-corrected chi connectivity index (χ4v) is 3.27. The number of rotatable bonds is 6. The third-order valence-electron chi connectivity index (χ3n) is 4.69. The molecule has 0 spiro atoms. The van der Waals surface area contributed by atoms with Crippen LogP contribution in [-0.4, -0.2) is 32.1 Å². The predicted octanol–water partition coefficient (Wildman–Crippen LogP) is 2.73. The lowest BCUT2D eigenvalue weighted by molar-refractivity contribution is 0.0955. The summed E-state index contributed by atoms with van der Waals surface area (Å²) in [5.41, 5.74) is 10.4. The summed E-state index contributed by atoms with van der Waals surface area (Å²) in [6.07, 6.45) is 4.65. The lowest BCUT2D eigenvalue weighted by Gasteiger charge is -2.19. The maximum atomic E-state index is 12.1. The van der Waals surface area contributed by atoms with E-state index in [4.69, 9.17) is 10.5 Å². The topological polar surface area (TPSA) is 88.7 Å². The zero-order chi connectivity index (χ0) is 19.1. The van der Waals surface area contributed by atoms with Crippen molar-refractivity contribution in [2.24, 2.45) is 10.7 Å². The van der Waals surface area contributed by atoms with Crippen LogP contribution in [0.1, 0.15) is 34.3 Å². The highest BCUT2D eigenvalue weighted by Crippen LogP contribution is 2.27. The van der Waals surface area contributed by atoms with Gasteiger partial charge in [0.25, 0.3) is 5.91 Å². The number of ether oxygens (including phenoxy) is 1. The number of carbonyl (C=O) groups is 1. The summed E-state index contributed by atoms with van der Waals surface area (Å²) in [4.78, 5) is 16.4. The Morgan fingerprint density at radius 1 is 1.15 bits per heavy atom. The highest BCUT2D eigenvalue weighted by molar-refractivity contribution is 5.94. The van der Waals surface area contributed by atoms with Crippen LogP contribution in [0.15, 0.2) is 47.5 Å². The number of amides is 1. The van der Waals surface area contributed by atoms with Gasteiger partial charge in [0.15, 0.2) is 5.96 Å². The summed E-state index contributed by atoms with van der Waals surface area (Å²) in [7, 11) is 1.59. The van der Waals surface area contributed by atoms with Crippen LogP contribution in [0.25, 0.3) is 0 Å².